The van der Waals surface area contributed by atoms with Crippen molar-refractivity contribution in [1.29, 1.82) is 0 Å². The quantitative estimate of drug-likeness (QED) is 0.737. The van der Waals surface area contributed by atoms with Crippen LogP contribution in [0.25, 0.3) is 0 Å². The van der Waals surface area contributed by atoms with Gasteiger partial charge in [0.1, 0.15) is 0 Å². The van der Waals surface area contributed by atoms with Crippen molar-refractivity contribution >= 4 is 11.7 Å². The molecule has 4 nitrogen and oxygen atoms in total. The van der Waals surface area contributed by atoms with E-state index in [1.54, 1.807) is 0 Å². The molecule has 1 unspecified atom stereocenters. The van der Waals surface area contributed by atoms with E-state index < -0.39 is 0 Å². The molecule has 1 aliphatic carbocycles. The van der Waals surface area contributed by atoms with Crippen molar-refractivity contribution in [2.45, 2.75) is 45.2 Å². The first-order valence-electron chi connectivity index (χ1n) is 7.10. The van der Waals surface area contributed by atoms with Crippen molar-refractivity contribution < 1.29 is 4.79 Å². The van der Waals surface area contributed by atoms with Gasteiger partial charge in [-0.3, -0.25) is 0 Å². The number of carbonyl (C=O) groups is 1. The summed E-state index contributed by atoms with van der Waals surface area (Å²) in [5.41, 5.74) is 2.08. The summed E-state index contributed by atoms with van der Waals surface area (Å²) in [5.74, 6) is 0. The van der Waals surface area contributed by atoms with E-state index in [1.165, 1.54) is 5.56 Å². The summed E-state index contributed by atoms with van der Waals surface area (Å²) in [6.07, 6.45) is 3.34. The van der Waals surface area contributed by atoms with Crippen LogP contribution in [-0.4, -0.2) is 18.6 Å². The Labute approximate surface area is 115 Å². The van der Waals surface area contributed by atoms with Crippen molar-refractivity contribution in [3.05, 3.63) is 29.8 Å². The minimum Gasteiger partial charge on any atom is -0.335 e. The molecular formula is C15H23N3O. The zero-order valence-electron chi connectivity index (χ0n) is 11.7. The van der Waals surface area contributed by atoms with Crippen LogP contribution in [0.15, 0.2) is 24.3 Å². The molecule has 2 rings (SSSR count). The minimum atomic E-state index is -0.104. The van der Waals surface area contributed by atoms with E-state index in [9.17, 15) is 4.79 Å². The SMILES string of the molecule is CCCNC(C)c1ccc(NC(=O)NC2CC2)cc1. The average molecular weight is 261 g/mol. The average Bonchev–Trinajstić information content (AvgIpc) is 3.20. The molecule has 1 atom stereocenters. The molecule has 1 saturated carbocycles. The van der Waals surface area contributed by atoms with Crippen LogP contribution in [0.2, 0.25) is 0 Å². The summed E-state index contributed by atoms with van der Waals surface area (Å²) >= 11 is 0. The van der Waals surface area contributed by atoms with E-state index in [0.717, 1.165) is 31.5 Å². The number of hydrogen-bond donors (Lipinski definition) is 3. The molecule has 19 heavy (non-hydrogen) atoms. The molecule has 0 radical (unpaired) electrons. The van der Waals surface area contributed by atoms with Crippen molar-refractivity contribution in [3.63, 3.8) is 0 Å². The fraction of sp³-hybridized carbons (Fsp3) is 0.533. The topological polar surface area (TPSA) is 53.2 Å². The standard InChI is InChI=1S/C15H23N3O/c1-3-10-16-11(2)12-4-6-13(7-5-12)17-15(19)18-14-8-9-14/h4-7,11,14,16H,3,8-10H2,1-2H3,(H2,17,18,19). The summed E-state index contributed by atoms with van der Waals surface area (Å²) in [5, 5.41) is 9.20. The third kappa shape index (κ3) is 4.56. The lowest BCUT2D eigenvalue weighted by Gasteiger charge is -2.14. The van der Waals surface area contributed by atoms with Crippen LogP contribution >= 0.6 is 0 Å². The second kappa shape index (κ2) is 6.57. The monoisotopic (exact) mass is 261 g/mol. The molecule has 104 valence electrons. The highest BCUT2D eigenvalue weighted by Gasteiger charge is 2.23. The van der Waals surface area contributed by atoms with Gasteiger partial charge >= 0.3 is 6.03 Å². The number of nitrogens with one attached hydrogen (secondary N) is 3. The van der Waals surface area contributed by atoms with Gasteiger partial charge in [0.05, 0.1) is 0 Å². The van der Waals surface area contributed by atoms with Crippen molar-refractivity contribution in [2.24, 2.45) is 0 Å². The first-order valence-corrected chi connectivity index (χ1v) is 7.10. The second-order valence-electron chi connectivity index (χ2n) is 5.17. The normalized spacial score (nSPS) is 15.9. The number of anilines is 1. The number of urea groups is 1. The number of hydrogen-bond acceptors (Lipinski definition) is 2. The Balaban J connectivity index is 1.84. The highest BCUT2D eigenvalue weighted by Crippen LogP contribution is 2.19. The molecule has 4 heteroatoms. The van der Waals surface area contributed by atoms with Gasteiger partial charge in [-0.25, -0.2) is 4.79 Å². The molecule has 3 N–H and O–H groups in total. The van der Waals surface area contributed by atoms with Crippen LogP contribution in [0, 0.1) is 0 Å². The van der Waals surface area contributed by atoms with E-state index in [0.29, 0.717) is 12.1 Å². The van der Waals surface area contributed by atoms with Gasteiger partial charge in [0.25, 0.3) is 0 Å². The molecule has 0 aliphatic heterocycles. The molecule has 2 amide bonds. The molecule has 1 aliphatic rings. The molecule has 1 aromatic carbocycles. The Morgan fingerprint density at radius 1 is 1.32 bits per heavy atom. The van der Waals surface area contributed by atoms with Crippen LogP contribution in [0.1, 0.15) is 44.7 Å². The minimum absolute atomic E-state index is 0.104. The highest BCUT2D eigenvalue weighted by atomic mass is 16.2. The largest absolute Gasteiger partial charge is 0.335 e. The zero-order valence-corrected chi connectivity index (χ0v) is 11.7. The van der Waals surface area contributed by atoms with E-state index >= 15 is 0 Å². The van der Waals surface area contributed by atoms with Gasteiger partial charge < -0.3 is 16.0 Å². The maximum atomic E-state index is 11.6. The molecule has 0 saturated heterocycles. The number of carbonyl (C=O) groups excluding carboxylic acids is 1. The third-order valence-electron chi connectivity index (χ3n) is 3.28. The molecule has 0 spiro atoms. The van der Waals surface area contributed by atoms with Gasteiger partial charge in [0.15, 0.2) is 0 Å². The van der Waals surface area contributed by atoms with Crippen LogP contribution in [0.4, 0.5) is 10.5 Å². The first-order chi connectivity index (χ1) is 9.19. The van der Waals surface area contributed by atoms with Crippen LogP contribution in [0.3, 0.4) is 0 Å². The predicted molar refractivity (Wildman–Crippen MR) is 78.3 cm³/mol. The summed E-state index contributed by atoms with van der Waals surface area (Å²) in [4.78, 5) is 11.6. The molecule has 0 heterocycles. The highest BCUT2D eigenvalue weighted by molar-refractivity contribution is 5.89. The second-order valence-corrected chi connectivity index (χ2v) is 5.17. The van der Waals surface area contributed by atoms with Gasteiger partial charge in [0.2, 0.25) is 0 Å². The number of amides is 2. The molecule has 0 bridgehead atoms. The third-order valence-corrected chi connectivity index (χ3v) is 3.28. The summed E-state index contributed by atoms with van der Waals surface area (Å²) in [6.45, 7) is 5.33. The first kappa shape index (κ1) is 13.9. The van der Waals surface area contributed by atoms with Crippen molar-refractivity contribution in [1.82, 2.24) is 10.6 Å². The number of rotatable bonds is 6. The summed E-state index contributed by atoms with van der Waals surface area (Å²) < 4.78 is 0. The lowest BCUT2D eigenvalue weighted by atomic mass is 10.1. The molecule has 0 aromatic heterocycles. The van der Waals surface area contributed by atoms with Crippen molar-refractivity contribution in [3.8, 4) is 0 Å². The Morgan fingerprint density at radius 2 is 2.00 bits per heavy atom. The van der Waals surface area contributed by atoms with Crippen LogP contribution < -0.4 is 16.0 Å². The lowest BCUT2D eigenvalue weighted by molar-refractivity contribution is 0.251. The Kier molecular flexibility index (Phi) is 4.80. The van der Waals surface area contributed by atoms with E-state index in [-0.39, 0.29) is 6.03 Å². The van der Waals surface area contributed by atoms with E-state index in [2.05, 4.69) is 41.9 Å². The van der Waals surface area contributed by atoms with E-state index in [1.807, 2.05) is 12.1 Å². The van der Waals surface area contributed by atoms with Gasteiger partial charge in [-0.15, -0.1) is 0 Å². The maximum absolute atomic E-state index is 11.6. The lowest BCUT2D eigenvalue weighted by Crippen LogP contribution is -2.30. The summed E-state index contributed by atoms with van der Waals surface area (Å²) in [6, 6.07) is 8.64. The van der Waals surface area contributed by atoms with Crippen LogP contribution in [0.5, 0.6) is 0 Å². The molecule has 1 aromatic rings. The fourth-order valence-corrected chi connectivity index (χ4v) is 1.91. The van der Waals surface area contributed by atoms with Gasteiger partial charge in [0, 0.05) is 17.8 Å². The zero-order chi connectivity index (χ0) is 13.7. The summed E-state index contributed by atoms with van der Waals surface area (Å²) in [7, 11) is 0. The smallest absolute Gasteiger partial charge is 0.319 e. The Hall–Kier alpha value is -1.55. The number of benzene rings is 1. The fourth-order valence-electron chi connectivity index (χ4n) is 1.91. The Bertz CT molecular complexity index is 412. The van der Waals surface area contributed by atoms with Crippen molar-refractivity contribution in [2.75, 3.05) is 11.9 Å². The molecular weight excluding hydrogens is 238 g/mol. The van der Waals surface area contributed by atoms with Gasteiger partial charge in [-0.05, 0) is 50.4 Å². The van der Waals surface area contributed by atoms with E-state index in [4.69, 9.17) is 0 Å². The van der Waals surface area contributed by atoms with Gasteiger partial charge in [-0.2, -0.15) is 0 Å². The maximum Gasteiger partial charge on any atom is 0.319 e. The Morgan fingerprint density at radius 3 is 2.58 bits per heavy atom. The van der Waals surface area contributed by atoms with Crippen LogP contribution in [-0.2, 0) is 0 Å². The van der Waals surface area contributed by atoms with Gasteiger partial charge in [-0.1, -0.05) is 19.1 Å². The molecule has 1 fully saturated rings. The predicted octanol–water partition coefficient (Wildman–Crippen LogP) is 3.03.